The van der Waals surface area contributed by atoms with Crippen LogP contribution < -0.4 is 10.6 Å². The van der Waals surface area contributed by atoms with Crippen LogP contribution >= 0.6 is 0 Å². The van der Waals surface area contributed by atoms with E-state index in [0.717, 1.165) is 47.9 Å². The van der Waals surface area contributed by atoms with Crippen molar-refractivity contribution in [1.82, 2.24) is 10.6 Å². The van der Waals surface area contributed by atoms with E-state index in [9.17, 15) is 14.4 Å². The molecule has 2 atom stereocenters. The molecular formula is C28H34N2O5. The highest BCUT2D eigenvalue weighted by Gasteiger charge is 2.32. The van der Waals surface area contributed by atoms with Crippen LogP contribution in [0.5, 0.6) is 0 Å². The van der Waals surface area contributed by atoms with Gasteiger partial charge in [0.2, 0.25) is 5.91 Å². The number of amides is 2. The van der Waals surface area contributed by atoms with Gasteiger partial charge in [-0.25, -0.2) is 4.79 Å². The second kappa shape index (κ2) is 10.5. The third kappa shape index (κ3) is 6.02. The summed E-state index contributed by atoms with van der Waals surface area (Å²) in [5.74, 6) is -1.12. The van der Waals surface area contributed by atoms with Crippen LogP contribution in [0.2, 0.25) is 0 Å². The van der Waals surface area contributed by atoms with Crippen molar-refractivity contribution in [3.05, 3.63) is 59.7 Å². The van der Waals surface area contributed by atoms with Gasteiger partial charge in [0.05, 0.1) is 6.42 Å². The van der Waals surface area contributed by atoms with E-state index in [0.29, 0.717) is 0 Å². The molecule has 0 saturated heterocycles. The van der Waals surface area contributed by atoms with E-state index in [4.69, 9.17) is 9.84 Å². The number of carboxylic acids is 1. The van der Waals surface area contributed by atoms with Crippen molar-refractivity contribution in [2.24, 2.45) is 5.92 Å². The maximum Gasteiger partial charge on any atom is 0.407 e. The van der Waals surface area contributed by atoms with Crippen LogP contribution in [0.3, 0.4) is 0 Å². The Morgan fingerprint density at radius 3 is 2.20 bits per heavy atom. The molecule has 7 heteroatoms. The maximum atomic E-state index is 12.7. The molecule has 2 amide bonds. The van der Waals surface area contributed by atoms with Gasteiger partial charge in [0.25, 0.3) is 0 Å². The molecule has 0 aromatic heterocycles. The molecule has 0 heterocycles. The van der Waals surface area contributed by atoms with Gasteiger partial charge in [-0.2, -0.15) is 0 Å². The molecule has 0 aliphatic heterocycles. The zero-order valence-electron chi connectivity index (χ0n) is 20.4. The Morgan fingerprint density at radius 1 is 0.971 bits per heavy atom. The van der Waals surface area contributed by atoms with Crippen molar-refractivity contribution in [3.8, 4) is 11.1 Å². The minimum Gasteiger partial charge on any atom is -0.481 e. The highest BCUT2D eigenvalue weighted by Crippen LogP contribution is 2.44. The van der Waals surface area contributed by atoms with Gasteiger partial charge in [0.15, 0.2) is 0 Å². The van der Waals surface area contributed by atoms with Crippen molar-refractivity contribution >= 4 is 18.0 Å². The Bertz CT molecular complexity index is 1050. The largest absolute Gasteiger partial charge is 0.481 e. The smallest absolute Gasteiger partial charge is 0.407 e. The number of carbonyl (C=O) groups is 3. The van der Waals surface area contributed by atoms with Crippen LogP contribution in [0.25, 0.3) is 11.1 Å². The molecule has 0 radical (unpaired) electrons. The third-order valence-corrected chi connectivity index (χ3v) is 7.08. The molecule has 186 valence electrons. The Morgan fingerprint density at radius 2 is 1.57 bits per heavy atom. The number of ether oxygens (including phenoxy) is 1. The summed E-state index contributed by atoms with van der Waals surface area (Å²) in [5, 5.41) is 15.0. The van der Waals surface area contributed by atoms with E-state index >= 15 is 0 Å². The first-order valence-corrected chi connectivity index (χ1v) is 12.4. The van der Waals surface area contributed by atoms with Gasteiger partial charge in [0, 0.05) is 23.9 Å². The average Bonchev–Trinajstić information content (AvgIpc) is 3.12. The summed E-state index contributed by atoms with van der Waals surface area (Å²) in [4.78, 5) is 36.6. The van der Waals surface area contributed by atoms with Crippen LogP contribution in [-0.4, -0.2) is 41.3 Å². The molecule has 1 fully saturated rings. The summed E-state index contributed by atoms with van der Waals surface area (Å²) in [6.07, 6.45) is 3.12. The van der Waals surface area contributed by atoms with Gasteiger partial charge in [-0.1, -0.05) is 61.4 Å². The molecule has 2 aliphatic rings. The molecule has 1 saturated carbocycles. The second-order valence-electron chi connectivity index (χ2n) is 10.3. The first-order valence-electron chi connectivity index (χ1n) is 12.4. The van der Waals surface area contributed by atoms with Crippen molar-refractivity contribution in [2.75, 3.05) is 6.61 Å². The van der Waals surface area contributed by atoms with E-state index in [2.05, 4.69) is 34.9 Å². The number of hydrogen-bond acceptors (Lipinski definition) is 4. The molecular weight excluding hydrogens is 444 g/mol. The summed E-state index contributed by atoms with van der Waals surface area (Å²) in [7, 11) is 0. The SMILES string of the molecule is CC(C)(CC(=O)NC1CCCCC1CC(=O)O)NC(=O)OCC1c2ccccc2-c2ccccc21. The normalized spacial score (nSPS) is 19.4. The Balaban J connectivity index is 1.31. The number of nitrogens with one attached hydrogen (secondary N) is 2. The highest BCUT2D eigenvalue weighted by molar-refractivity contribution is 5.80. The predicted octanol–water partition coefficient (Wildman–Crippen LogP) is 4.84. The Kier molecular flexibility index (Phi) is 7.43. The molecule has 2 aliphatic carbocycles. The lowest BCUT2D eigenvalue weighted by molar-refractivity contribution is -0.139. The van der Waals surface area contributed by atoms with E-state index < -0.39 is 17.6 Å². The lowest BCUT2D eigenvalue weighted by Crippen LogP contribution is -2.50. The average molecular weight is 479 g/mol. The molecule has 4 rings (SSSR count). The van der Waals surface area contributed by atoms with Gasteiger partial charge < -0.3 is 20.5 Å². The molecule has 0 spiro atoms. The van der Waals surface area contributed by atoms with E-state index in [1.807, 2.05) is 24.3 Å². The second-order valence-corrected chi connectivity index (χ2v) is 10.3. The zero-order valence-corrected chi connectivity index (χ0v) is 20.4. The molecule has 2 aromatic carbocycles. The monoisotopic (exact) mass is 478 g/mol. The van der Waals surface area contributed by atoms with E-state index in [1.54, 1.807) is 13.8 Å². The number of benzene rings is 2. The molecule has 7 nitrogen and oxygen atoms in total. The quantitative estimate of drug-likeness (QED) is 0.503. The van der Waals surface area contributed by atoms with Gasteiger partial charge in [-0.15, -0.1) is 0 Å². The van der Waals surface area contributed by atoms with Gasteiger partial charge in [0.1, 0.15) is 6.61 Å². The number of aliphatic carboxylic acids is 1. The highest BCUT2D eigenvalue weighted by atomic mass is 16.5. The molecule has 3 N–H and O–H groups in total. The fourth-order valence-corrected chi connectivity index (χ4v) is 5.48. The van der Waals surface area contributed by atoms with E-state index in [1.165, 1.54) is 0 Å². The fourth-order valence-electron chi connectivity index (χ4n) is 5.48. The number of carboxylic acid groups (broad SMARTS) is 1. The van der Waals surface area contributed by atoms with Crippen molar-refractivity contribution in [3.63, 3.8) is 0 Å². The van der Waals surface area contributed by atoms with Gasteiger partial charge in [-0.3, -0.25) is 9.59 Å². The molecule has 2 aromatic rings. The van der Waals surface area contributed by atoms with E-state index in [-0.39, 0.29) is 43.2 Å². The summed E-state index contributed by atoms with van der Waals surface area (Å²) < 4.78 is 5.62. The Hall–Kier alpha value is -3.35. The lowest BCUT2D eigenvalue weighted by Gasteiger charge is -2.33. The molecule has 35 heavy (non-hydrogen) atoms. The topological polar surface area (TPSA) is 105 Å². The van der Waals surface area contributed by atoms with Crippen molar-refractivity contribution < 1.29 is 24.2 Å². The fraction of sp³-hybridized carbons (Fsp3) is 0.464. The number of hydrogen-bond donors (Lipinski definition) is 3. The molecule has 0 bridgehead atoms. The third-order valence-electron chi connectivity index (χ3n) is 7.08. The number of rotatable bonds is 8. The predicted molar refractivity (Wildman–Crippen MR) is 133 cm³/mol. The lowest BCUT2D eigenvalue weighted by atomic mass is 9.82. The summed E-state index contributed by atoms with van der Waals surface area (Å²) in [6.45, 7) is 3.77. The Labute approximate surface area is 206 Å². The zero-order chi connectivity index (χ0) is 25.0. The maximum absolute atomic E-state index is 12.7. The van der Waals surface area contributed by atoms with Crippen LogP contribution in [0.15, 0.2) is 48.5 Å². The van der Waals surface area contributed by atoms with Gasteiger partial charge >= 0.3 is 12.1 Å². The van der Waals surface area contributed by atoms with Gasteiger partial charge in [-0.05, 0) is 54.9 Å². The number of carbonyl (C=O) groups excluding carboxylic acids is 2. The van der Waals surface area contributed by atoms with Crippen LogP contribution in [0, 0.1) is 5.92 Å². The van der Waals surface area contributed by atoms with Crippen LogP contribution in [0.4, 0.5) is 4.79 Å². The minimum absolute atomic E-state index is 0.0305. The minimum atomic E-state index is -0.839. The van der Waals surface area contributed by atoms with Crippen LogP contribution in [-0.2, 0) is 14.3 Å². The standard InChI is InChI=1S/C28H34N2O5/c1-28(2,16-25(31)29-24-14-8-3-9-18(24)15-26(32)33)30-27(34)35-17-23-21-12-6-4-10-19(21)20-11-5-7-13-22(20)23/h4-7,10-13,18,23-24H,3,8-9,14-17H2,1-2H3,(H,29,31)(H,30,34)(H,32,33). The van der Waals surface area contributed by atoms with Crippen molar-refractivity contribution in [1.29, 1.82) is 0 Å². The summed E-state index contributed by atoms with van der Waals surface area (Å²) in [6, 6.07) is 16.2. The summed E-state index contributed by atoms with van der Waals surface area (Å²) in [5.41, 5.74) is 3.80. The molecule has 2 unspecified atom stereocenters. The summed E-state index contributed by atoms with van der Waals surface area (Å²) >= 11 is 0. The van der Waals surface area contributed by atoms with Crippen LogP contribution in [0.1, 0.15) is 69.4 Å². The van der Waals surface area contributed by atoms with Crippen molar-refractivity contribution in [2.45, 2.75) is 69.9 Å². The first-order chi connectivity index (χ1) is 16.7. The first kappa shape index (κ1) is 24.8. The number of fused-ring (bicyclic) bond motifs is 3. The number of alkyl carbamates (subject to hydrolysis) is 1.